The van der Waals surface area contributed by atoms with Crippen molar-refractivity contribution in [3.8, 4) is 5.75 Å². The molecular formula is C18H18F2N2O4. The van der Waals surface area contributed by atoms with Crippen molar-refractivity contribution >= 4 is 23.3 Å². The second-order valence-corrected chi connectivity index (χ2v) is 5.47. The minimum Gasteiger partial charge on any atom is -0.452 e. The Morgan fingerprint density at radius 1 is 1.12 bits per heavy atom. The Labute approximate surface area is 149 Å². The molecule has 2 rings (SSSR count). The molecule has 2 aromatic carbocycles. The Hall–Kier alpha value is -3.16. The number of hydrogen-bond acceptors (Lipinski definition) is 5. The largest absolute Gasteiger partial charge is 0.452 e. The highest BCUT2D eigenvalue weighted by molar-refractivity contribution is 5.95. The third kappa shape index (κ3) is 5.73. The number of hydrogen-bond donors (Lipinski definition) is 1. The average Bonchev–Trinajstić information content (AvgIpc) is 2.59. The number of anilines is 2. The van der Waals surface area contributed by atoms with Gasteiger partial charge in [-0.3, -0.25) is 4.79 Å². The maximum atomic E-state index is 12.2. The van der Waals surface area contributed by atoms with Gasteiger partial charge >= 0.3 is 12.6 Å². The third-order valence-electron chi connectivity index (χ3n) is 3.30. The zero-order valence-corrected chi connectivity index (χ0v) is 14.2. The Morgan fingerprint density at radius 3 is 2.42 bits per heavy atom. The van der Waals surface area contributed by atoms with Crippen LogP contribution in [-0.2, 0) is 9.53 Å². The molecule has 0 heterocycles. The fraction of sp³-hybridized carbons (Fsp3) is 0.222. The molecule has 0 saturated carbocycles. The Bertz CT molecular complexity index is 764. The monoisotopic (exact) mass is 364 g/mol. The molecule has 0 aromatic heterocycles. The number of carbonyl (C=O) groups excluding carboxylic acids is 2. The molecule has 1 amide bonds. The molecular weight excluding hydrogens is 346 g/mol. The standard InChI is InChI=1S/C18H18F2N2O4/c1-22(2)14-8-6-13(7-9-14)21-16(23)11-25-17(24)12-4-3-5-15(10-12)26-18(19)20/h3-10,18H,11H2,1-2H3,(H,21,23). The summed E-state index contributed by atoms with van der Waals surface area (Å²) in [5.74, 6) is -1.50. The van der Waals surface area contributed by atoms with Crippen LogP contribution in [0.2, 0.25) is 0 Å². The van der Waals surface area contributed by atoms with E-state index in [9.17, 15) is 18.4 Å². The zero-order chi connectivity index (χ0) is 19.1. The van der Waals surface area contributed by atoms with E-state index in [1.807, 2.05) is 31.1 Å². The van der Waals surface area contributed by atoms with Gasteiger partial charge in [0.25, 0.3) is 5.91 Å². The lowest BCUT2D eigenvalue weighted by molar-refractivity contribution is -0.119. The topological polar surface area (TPSA) is 67.9 Å². The van der Waals surface area contributed by atoms with Crippen LogP contribution in [0.1, 0.15) is 10.4 Å². The van der Waals surface area contributed by atoms with Gasteiger partial charge in [0.15, 0.2) is 6.61 Å². The van der Waals surface area contributed by atoms with Crippen molar-refractivity contribution in [2.24, 2.45) is 0 Å². The van der Waals surface area contributed by atoms with Crippen LogP contribution in [0.15, 0.2) is 48.5 Å². The number of nitrogens with zero attached hydrogens (tertiary/aromatic N) is 1. The minimum atomic E-state index is -2.99. The summed E-state index contributed by atoms with van der Waals surface area (Å²) in [6, 6.07) is 12.3. The van der Waals surface area contributed by atoms with Gasteiger partial charge in [0.2, 0.25) is 0 Å². The van der Waals surface area contributed by atoms with Crippen molar-refractivity contribution in [1.82, 2.24) is 0 Å². The number of amides is 1. The van der Waals surface area contributed by atoms with E-state index in [0.717, 1.165) is 11.8 Å². The first-order chi connectivity index (χ1) is 12.3. The fourth-order valence-electron chi connectivity index (χ4n) is 2.05. The first-order valence-electron chi connectivity index (χ1n) is 7.64. The molecule has 0 radical (unpaired) electrons. The summed E-state index contributed by atoms with van der Waals surface area (Å²) >= 11 is 0. The summed E-state index contributed by atoms with van der Waals surface area (Å²) in [4.78, 5) is 25.7. The van der Waals surface area contributed by atoms with Crippen LogP contribution in [0.4, 0.5) is 20.2 Å². The Balaban J connectivity index is 1.87. The normalized spacial score (nSPS) is 10.3. The van der Waals surface area contributed by atoms with Gasteiger partial charge in [0.1, 0.15) is 5.75 Å². The third-order valence-corrected chi connectivity index (χ3v) is 3.30. The molecule has 0 spiro atoms. The van der Waals surface area contributed by atoms with E-state index in [1.165, 1.54) is 18.2 Å². The van der Waals surface area contributed by atoms with Gasteiger partial charge in [-0.1, -0.05) is 6.07 Å². The lowest BCUT2D eigenvalue weighted by Crippen LogP contribution is -2.21. The molecule has 0 fully saturated rings. The molecule has 0 unspecified atom stereocenters. The molecule has 0 aliphatic heterocycles. The summed E-state index contributed by atoms with van der Waals surface area (Å²) in [7, 11) is 3.79. The van der Waals surface area contributed by atoms with Crippen molar-refractivity contribution in [2.75, 3.05) is 30.9 Å². The Morgan fingerprint density at radius 2 is 1.81 bits per heavy atom. The number of nitrogens with one attached hydrogen (secondary N) is 1. The van der Waals surface area contributed by atoms with Crippen LogP contribution >= 0.6 is 0 Å². The number of rotatable bonds is 7. The number of alkyl halides is 2. The van der Waals surface area contributed by atoms with Crippen LogP contribution in [0, 0.1) is 0 Å². The number of halogens is 2. The predicted octanol–water partition coefficient (Wildman–Crippen LogP) is 3.15. The second kappa shape index (κ2) is 8.80. The number of esters is 1. The average molecular weight is 364 g/mol. The molecule has 6 nitrogen and oxygen atoms in total. The maximum absolute atomic E-state index is 12.2. The zero-order valence-electron chi connectivity index (χ0n) is 14.2. The van der Waals surface area contributed by atoms with Gasteiger partial charge in [-0.2, -0.15) is 8.78 Å². The van der Waals surface area contributed by atoms with Gasteiger partial charge in [0, 0.05) is 25.5 Å². The summed E-state index contributed by atoms with van der Waals surface area (Å²) in [6.07, 6.45) is 0. The first kappa shape index (κ1) is 19.2. The summed E-state index contributed by atoms with van der Waals surface area (Å²) in [5.41, 5.74) is 1.54. The first-order valence-corrected chi connectivity index (χ1v) is 7.64. The molecule has 0 aliphatic carbocycles. The molecule has 0 saturated heterocycles. The van der Waals surface area contributed by atoms with Crippen LogP contribution in [-0.4, -0.2) is 39.2 Å². The van der Waals surface area contributed by atoms with Crippen molar-refractivity contribution < 1.29 is 27.8 Å². The lowest BCUT2D eigenvalue weighted by atomic mass is 10.2. The summed E-state index contributed by atoms with van der Waals surface area (Å²) in [5, 5.41) is 2.59. The van der Waals surface area contributed by atoms with E-state index in [4.69, 9.17) is 4.74 Å². The van der Waals surface area contributed by atoms with Crippen molar-refractivity contribution in [3.05, 3.63) is 54.1 Å². The molecule has 26 heavy (non-hydrogen) atoms. The van der Waals surface area contributed by atoms with Crippen LogP contribution in [0.25, 0.3) is 0 Å². The molecule has 0 bridgehead atoms. The molecule has 8 heteroatoms. The SMILES string of the molecule is CN(C)c1ccc(NC(=O)COC(=O)c2cccc(OC(F)F)c2)cc1. The van der Waals surface area contributed by atoms with Crippen LogP contribution in [0.3, 0.4) is 0 Å². The highest BCUT2D eigenvalue weighted by Crippen LogP contribution is 2.17. The number of carbonyl (C=O) groups is 2. The molecule has 1 N–H and O–H groups in total. The van der Waals surface area contributed by atoms with Crippen LogP contribution < -0.4 is 15.0 Å². The van der Waals surface area contributed by atoms with E-state index in [2.05, 4.69) is 10.1 Å². The van der Waals surface area contributed by atoms with Gasteiger partial charge in [0.05, 0.1) is 5.56 Å². The summed E-state index contributed by atoms with van der Waals surface area (Å²) in [6.45, 7) is -3.50. The molecule has 138 valence electrons. The van der Waals surface area contributed by atoms with Crippen LogP contribution in [0.5, 0.6) is 5.75 Å². The second-order valence-electron chi connectivity index (χ2n) is 5.47. The van der Waals surface area contributed by atoms with Gasteiger partial charge in [-0.05, 0) is 42.5 Å². The lowest BCUT2D eigenvalue weighted by Gasteiger charge is -2.13. The molecule has 0 atom stereocenters. The summed E-state index contributed by atoms with van der Waals surface area (Å²) < 4.78 is 33.5. The van der Waals surface area contributed by atoms with E-state index in [0.29, 0.717) is 5.69 Å². The van der Waals surface area contributed by atoms with E-state index in [1.54, 1.807) is 12.1 Å². The van der Waals surface area contributed by atoms with Crippen molar-refractivity contribution in [3.63, 3.8) is 0 Å². The quantitative estimate of drug-likeness (QED) is 0.765. The number of ether oxygens (including phenoxy) is 2. The van der Waals surface area contributed by atoms with E-state index in [-0.39, 0.29) is 11.3 Å². The Kier molecular flexibility index (Phi) is 6.48. The predicted molar refractivity (Wildman–Crippen MR) is 92.8 cm³/mol. The highest BCUT2D eigenvalue weighted by Gasteiger charge is 2.13. The van der Waals surface area contributed by atoms with Gasteiger partial charge in [-0.15, -0.1) is 0 Å². The smallest absolute Gasteiger partial charge is 0.387 e. The molecule has 0 aliphatic rings. The van der Waals surface area contributed by atoms with Crippen molar-refractivity contribution in [1.29, 1.82) is 0 Å². The fourth-order valence-corrected chi connectivity index (χ4v) is 2.05. The van der Waals surface area contributed by atoms with E-state index >= 15 is 0 Å². The van der Waals surface area contributed by atoms with E-state index < -0.39 is 25.1 Å². The van der Waals surface area contributed by atoms with Gasteiger partial charge in [-0.25, -0.2) is 4.79 Å². The highest BCUT2D eigenvalue weighted by atomic mass is 19.3. The van der Waals surface area contributed by atoms with Crippen molar-refractivity contribution in [2.45, 2.75) is 6.61 Å². The number of benzene rings is 2. The minimum absolute atomic E-state index is 0.00582. The van der Waals surface area contributed by atoms with Gasteiger partial charge < -0.3 is 19.7 Å². The maximum Gasteiger partial charge on any atom is 0.387 e. The molecule has 2 aromatic rings.